The fourth-order valence-corrected chi connectivity index (χ4v) is 2.64. The molecule has 0 unspecified atom stereocenters. The summed E-state index contributed by atoms with van der Waals surface area (Å²) in [4.78, 5) is 22.9. The third-order valence-corrected chi connectivity index (χ3v) is 3.77. The van der Waals surface area contributed by atoms with Crippen molar-refractivity contribution < 1.29 is 9.59 Å². The van der Waals surface area contributed by atoms with E-state index in [1.807, 2.05) is 49.4 Å². The summed E-state index contributed by atoms with van der Waals surface area (Å²) in [5.41, 5.74) is 9.34. The summed E-state index contributed by atoms with van der Waals surface area (Å²) in [6, 6.07) is 13.5. The molecule has 1 heterocycles. The number of hydrogen-bond acceptors (Lipinski definition) is 3. The van der Waals surface area contributed by atoms with Crippen molar-refractivity contribution in [3.8, 4) is 5.69 Å². The van der Waals surface area contributed by atoms with E-state index < -0.39 is 5.91 Å². The fourth-order valence-electron chi connectivity index (χ4n) is 2.64. The van der Waals surface area contributed by atoms with Crippen LogP contribution in [-0.2, 0) is 11.3 Å². The van der Waals surface area contributed by atoms with Crippen LogP contribution in [0.15, 0.2) is 42.5 Å². The van der Waals surface area contributed by atoms with Gasteiger partial charge in [-0.1, -0.05) is 18.2 Å². The minimum atomic E-state index is -0.580. The van der Waals surface area contributed by atoms with Crippen LogP contribution in [-0.4, -0.2) is 21.6 Å². The van der Waals surface area contributed by atoms with Gasteiger partial charge in [0, 0.05) is 18.9 Å². The number of hydrogen-bond donors (Lipinski definition) is 2. The average Bonchev–Trinajstić information content (AvgIpc) is 2.92. The molecule has 122 valence electrons. The fraction of sp³-hybridized carbons (Fsp3) is 0.167. The number of nitrogens with two attached hydrogens (primary N) is 1. The van der Waals surface area contributed by atoms with Gasteiger partial charge in [-0.15, -0.1) is 0 Å². The highest BCUT2D eigenvalue weighted by atomic mass is 16.1. The van der Waals surface area contributed by atoms with Gasteiger partial charge in [0.2, 0.25) is 5.91 Å². The highest BCUT2D eigenvalue weighted by Crippen LogP contribution is 2.24. The number of primary amides is 1. The van der Waals surface area contributed by atoms with Crippen LogP contribution in [0.5, 0.6) is 0 Å². The quantitative estimate of drug-likeness (QED) is 0.770. The molecule has 0 aliphatic rings. The first-order valence-corrected chi connectivity index (χ1v) is 7.58. The number of amides is 2. The van der Waals surface area contributed by atoms with E-state index in [4.69, 9.17) is 5.73 Å². The van der Waals surface area contributed by atoms with E-state index in [1.165, 1.54) is 6.92 Å². The molecule has 6 nitrogen and oxygen atoms in total. The molecule has 1 aromatic heterocycles. The molecule has 0 radical (unpaired) electrons. The Balaban J connectivity index is 2.15. The van der Waals surface area contributed by atoms with E-state index in [1.54, 1.807) is 4.68 Å². The summed E-state index contributed by atoms with van der Waals surface area (Å²) in [5.74, 6) is -0.691. The molecular formula is C18H18N4O2. The van der Waals surface area contributed by atoms with Crippen LogP contribution < -0.4 is 11.1 Å². The molecule has 0 saturated carbocycles. The molecule has 0 aliphatic carbocycles. The maximum Gasteiger partial charge on any atom is 0.269 e. The number of fused-ring (bicyclic) bond motifs is 1. The van der Waals surface area contributed by atoms with Gasteiger partial charge >= 0.3 is 0 Å². The van der Waals surface area contributed by atoms with Gasteiger partial charge in [-0.3, -0.25) is 9.59 Å². The zero-order chi connectivity index (χ0) is 17.3. The highest BCUT2D eigenvalue weighted by Gasteiger charge is 2.16. The number of benzene rings is 2. The van der Waals surface area contributed by atoms with Crippen molar-refractivity contribution in [1.82, 2.24) is 15.1 Å². The predicted molar refractivity (Wildman–Crippen MR) is 91.8 cm³/mol. The summed E-state index contributed by atoms with van der Waals surface area (Å²) < 4.78 is 1.71. The lowest BCUT2D eigenvalue weighted by Crippen LogP contribution is -2.18. The number of carbonyl (C=O) groups is 2. The Hall–Kier alpha value is -3.15. The molecule has 24 heavy (non-hydrogen) atoms. The molecular weight excluding hydrogens is 304 g/mol. The lowest BCUT2D eigenvalue weighted by atomic mass is 10.1. The molecule has 2 aromatic carbocycles. The summed E-state index contributed by atoms with van der Waals surface area (Å²) in [6.45, 7) is 3.85. The van der Waals surface area contributed by atoms with Gasteiger partial charge in [-0.2, -0.15) is 5.10 Å². The monoisotopic (exact) mass is 322 g/mol. The number of rotatable bonds is 4. The minimum Gasteiger partial charge on any atom is -0.364 e. The van der Waals surface area contributed by atoms with E-state index in [0.717, 1.165) is 22.3 Å². The molecule has 6 heteroatoms. The Morgan fingerprint density at radius 3 is 2.67 bits per heavy atom. The Kier molecular flexibility index (Phi) is 4.04. The number of carbonyl (C=O) groups excluding carboxylic acids is 2. The summed E-state index contributed by atoms with van der Waals surface area (Å²) >= 11 is 0. The molecule has 3 aromatic rings. The Morgan fingerprint density at radius 2 is 2.00 bits per heavy atom. The molecule has 0 fully saturated rings. The zero-order valence-corrected chi connectivity index (χ0v) is 13.5. The summed E-state index contributed by atoms with van der Waals surface area (Å²) in [7, 11) is 0. The van der Waals surface area contributed by atoms with Crippen molar-refractivity contribution in [1.29, 1.82) is 0 Å². The van der Waals surface area contributed by atoms with Gasteiger partial charge in [-0.05, 0) is 42.3 Å². The SMILES string of the molecule is CC(=O)NCc1ccc2c(c1)c(C(N)=O)nn2-c1cccc(C)c1. The van der Waals surface area contributed by atoms with Crippen molar-refractivity contribution in [2.24, 2.45) is 5.73 Å². The van der Waals surface area contributed by atoms with Crippen LogP contribution >= 0.6 is 0 Å². The van der Waals surface area contributed by atoms with Gasteiger partial charge < -0.3 is 11.1 Å². The van der Waals surface area contributed by atoms with Crippen molar-refractivity contribution in [2.45, 2.75) is 20.4 Å². The average molecular weight is 322 g/mol. The number of aromatic nitrogens is 2. The number of aryl methyl sites for hydroxylation is 1. The first-order chi connectivity index (χ1) is 11.5. The van der Waals surface area contributed by atoms with E-state index in [2.05, 4.69) is 10.4 Å². The molecule has 0 spiro atoms. The van der Waals surface area contributed by atoms with Crippen LogP contribution in [0.1, 0.15) is 28.5 Å². The van der Waals surface area contributed by atoms with Gasteiger partial charge in [0.1, 0.15) is 0 Å². The predicted octanol–water partition coefficient (Wildman–Crippen LogP) is 2.07. The second-order valence-corrected chi connectivity index (χ2v) is 5.72. The first-order valence-electron chi connectivity index (χ1n) is 7.58. The number of nitrogens with zero attached hydrogens (tertiary/aromatic N) is 2. The van der Waals surface area contributed by atoms with Gasteiger partial charge in [-0.25, -0.2) is 4.68 Å². The Morgan fingerprint density at radius 1 is 1.21 bits per heavy atom. The molecule has 3 rings (SSSR count). The van der Waals surface area contributed by atoms with E-state index in [0.29, 0.717) is 11.9 Å². The van der Waals surface area contributed by atoms with Crippen LogP contribution in [0.25, 0.3) is 16.6 Å². The molecule has 0 aliphatic heterocycles. The van der Waals surface area contributed by atoms with E-state index >= 15 is 0 Å². The maximum atomic E-state index is 11.8. The Bertz CT molecular complexity index is 943. The zero-order valence-electron chi connectivity index (χ0n) is 13.5. The summed E-state index contributed by atoms with van der Waals surface area (Å²) in [5, 5.41) is 7.80. The maximum absolute atomic E-state index is 11.8. The second-order valence-electron chi connectivity index (χ2n) is 5.72. The lowest BCUT2D eigenvalue weighted by Gasteiger charge is -2.06. The largest absolute Gasteiger partial charge is 0.364 e. The molecule has 2 amide bonds. The standard InChI is InChI=1S/C18H18N4O2/c1-11-4-3-5-14(8-11)22-16-7-6-13(10-20-12(2)23)9-15(16)17(21-22)18(19)24/h3-9H,10H2,1-2H3,(H2,19,24)(H,20,23). The van der Waals surface area contributed by atoms with Crippen molar-refractivity contribution >= 4 is 22.7 Å². The first kappa shape index (κ1) is 15.7. The van der Waals surface area contributed by atoms with Gasteiger partial charge in [0.25, 0.3) is 5.91 Å². The third kappa shape index (κ3) is 2.99. The normalized spacial score (nSPS) is 10.8. The lowest BCUT2D eigenvalue weighted by molar-refractivity contribution is -0.119. The second kappa shape index (κ2) is 6.16. The van der Waals surface area contributed by atoms with Crippen LogP contribution in [0, 0.1) is 6.92 Å². The van der Waals surface area contributed by atoms with Crippen LogP contribution in [0.3, 0.4) is 0 Å². The van der Waals surface area contributed by atoms with Crippen LogP contribution in [0.4, 0.5) is 0 Å². The molecule has 0 saturated heterocycles. The minimum absolute atomic E-state index is 0.110. The van der Waals surface area contributed by atoms with Crippen LogP contribution in [0.2, 0.25) is 0 Å². The topological polar surface area (TPSA) is 90.0 Å². The molecule has 3 N–H and O–H groups in total. The summed E-state index contributed by atoms with van der Waals surface area (Å²) in [6.07, 6.45) is 0. The van der Waals surface area contributed by atoms with Crippen molar-refractivity contribution in [3.05, 3.63) is 59.3 Å². The smallest absolute Gasteiger partial charge is 0.269 e. The molecule has 0 bridgehead atoms. The van der Waals surface area contributed by atoms with Crippen molar-refractivity contribution in [2.75, 3.05) is 0 Å². The number of nitrogens with one attached hydrogen (secondary N) is 1. The highest BCUT2D eigenvalue weighted by molar-refractivity contribution is 6.04. The molecule has 0 atom stereocenters. The Labute approximate surface area is 139 Å². The van der Waals surface area contributed by atoms with Gasteiger partial charge in [0.05, 0.1) is 11.2 Å². The van der Waals surface area contributed by atoms with E-state index in [-0.39, 0.29) is 11.6 Å². The third-order valence-electron chi connectivity index (χ3n) is 3.77. The van der Waals surface area contributed by atoms with Gasteiger partial charge in [0.15, 0.2) is 5.69 Å². The van der Waals surface area contributed by atoms with E-state index in [9.17, 15) is 9.59 Å². The van der Waals surface area contributed by atoms with Crippen molar-refractivity contribution in [3.63, 3.8) is 0 Å².